The number of nitrogens with one attached hydrogen (secondary N) is 1. The van der Waals surface area contributed by atoms with Gasteiger partial charge in [0.25, 0.3) is 0 Å². The SMILES string of the molecule is CCc1nc2c(C)cc(CO)nc2n1Cc1ccc2nc(-c3ccccc3NS(=O)(=O)C(F)(F)F)ccc2c1. The Kier molecular flexibility index (Phi) is 6.77. The van der Waals surface area contributed by atoms with Crippen LogP contribution in [-0.4, -0.2) is 38.6 Å². The highest BCUT2D eigenvalue weighted by molar-refractivity contribution is 7.93. The minimum Gasteiger partial charge on any atom is -0.390 e. The number of benzene rings is 2. The van der Waals surface area contributed by atoms with Crippen molar-refractivity contribution in [2.45, 2.75) is 38.9 Å². The van der Waals surface area contributed by atoms with Crippen LogP contribution in [0.15, 0.2) is 60.7 Å². The molecule has 0 aliphatic heterocycles. The second kappa shape index (κ2) is 9.93. The lowest BCUT2D eigenvalue weighted by Crippen LogP contribution is -2.30. The van der Waals surface area contributed by atoms with E-state index in [0.29, 0.717) is 35.5 Å². The summed E-state index contributed by atoms with van der Waals surface area (Å²) in [5, 5.41) is 10.4. The van der Waals surface area contributed by atoms with E-state index >= 15 is 0 Å². The van der Waals surface area contributed by atoms with Crippen molar-refractivity contribution in [1.29, 1.82) is 0 Å². The van der Waals surface area contributed by atoms with E-state index < -0.39 is 15.5 Å². The van der Waals surface area contributed by atoms with Crippen molar-refractivity contribution in [3.63, 3.8) is 0 Å². The molecule has 0 amide bonds. The summed E-state index contributed by atoms with van der Waals surface area (Å²) in [4.78, 5) is 13.9. The van der Waals surface area contributed by atoms with Crippen molar-refractivity contribution in [3.8, 4) is 11.3 Å². The second-order valence-electron chi connectivity index (χ2n) is 9.05. The molecule has 5 aromatic rings. The van der Waals surface area contributed by atoms with Crippen molar-refractivity contribution in [3.05, 3.63) is 83.3 Å². The fourth-order valence-electron chi connectivity index (χ4n) is 4.48. The summed E-state index contributed by atoms with van der Waals surface area (Å²) in [7, 11) is -5.59. The third-order valence-electron chi connectivity index (χ3n) is 6.35. The van der Waals surface area contributed by atoms with Gasteiger partial charge in [-0.1, -0.05) is 37.3 Å². The van der Waals surface area contributed by atoms with Gasteiger partial charge in [0.2, 0.25) is 0 Å². The third kappa shape index (κ3) is 5.04. The second-order valence-corrected chi connectivity index (χ2v) is 10.7. The van der Waals surface area contributed by atoms with Crippen LogP contribution in [0.5, 0.6) is 0 Å². The normalized spacial score (nSPS) is 12.4. The molecule has 0 atom stereocenters. The molecule has 0 bridgehead atoms. The first-order chi connectivity index (χ1) is 18.5. The predicted molar refractivity (Wildman–Crippen MR) is 142 cm³/mol. The molecule has 12 heteroatoms. The lowest BCUT2D eigenvalue weighted by atomic mass is 10.1. The van der Waals surface area contributed by atoms with Gasteiger partial charge < -0.3 is 9.67 Å². The van der Waals surface area contributed by atoms with E-state index in [1.807, 2.05) is 36.6 Å². The average Bonchev–Trinajstić information content (AvgIpc) is 3.25. The quantitative estimate of drug-likeness (QED) is 0.281. The Balaban J connectivity index is 1.50. The summed E-state index contributed by atoms with van der Waals surface area (Å²) in [6.45, 7) is 4.26. The molecule has 0 radical (unpaired) electrons. The van der Waals surface area contributed by atoms with Gasteiger partial charge in [0, 0.05) is 17.4 Å². The Morgan fingerprint density at radius 3 is 2.49 bits per heavy atom. The number of alkyl halides is 3. The molecule has 3 aromatic heterocycles. The molecule has 0 aliphatic carbocycles. The van der Waals surface area contributed by atoms with Gasteiger partial charge in [-0.3, -0.25) is 4.72 Å². The van der Waals surface area contributed by atoms with Gasteiger partial charge in [-0.25, -0.2) is 15.0 Å². The van der Waals surface area contributed by atoms with E-state index in [-0.39, 0.29) is 17.9 Å². The largest absolute Gasteiger partial charge is 0.516 e. The van der Waals surface area contributed by atoms with E-state index in [1.54, 1.807) is 29.0 Å². The Labute approximate surface area is 222 Å². The molecular weight excluding hydrogens is 531 g/mol. The van der Waals surface area contributed by atoms with Crippen LogP contribution in [0.2, 0.25) is 0 Å². The molecule has 0 fully saturated rings. The minimum atomic E-state index is -5.59. The van der Waals surface area contributed by atoms with Crippen molar-refractivity contribution < 1.29 is 26.7 Å². The Bertz CT molecular complexity index is 1820. The topological polar surface area (TPSA) is 110 Å². The molecule has 39 heavy (non-hydrogen) atoms. The molecule has 0 saturated carbocycles. The summed E-state index contributed by atoms with van der Waals surface area (Å²) in [6, 6.07) is 16.7. The summed E-state index contributed by atoms with van der Waals surface area (Å²) in [5.41, 5.74) is -0.594. The first-order valence-corrected chi connectivity index (χ1v) is 13.5. The first kappa shape index (κ1) is 26.6. The number of hydrogen-bond donors (Lipinski definition) is 2. The zero-order valence-electron chi connectivity index (χ0n) is 21.0. The van der Waals surface area contributed by atoms with Crippen molar-refractivity contribution in [2.75, 3.05) is 4.72 Å². The Hall–Kier alpha value is -4.03. The van der Waals surface area contributed by atoms with E-state index in [4.69, 9.17) is 4.98 Å². The van der Waals surface area contributed by atoms with Gasteiger partial charge in [-0.2, -0.15) is 21.6 Å². The molecule has 0 spiro atoms. The van der Waals surface area contributed by atoms with Gasteiger partial charge in [0.15, 0.2) is 5.65 Å². The molecule has 3 heterocycles. The fraction of sp³-hybridized carbons (Fsp3) is 0.222. The number of aromatic nitrogens is 4. The van der Waals surface area contributed by atoms with Gasteiger partial charge in [0.05, 0.1) is 35.7 Å². The number of hydrogen-bond acceptors (Lipinski definition) is 6. The first-order valence-electron chi connectivity index (χ1n) is 12.1. The highest BCUT2D eigenvalue weighted by atomic mass is 32.2. The van der Waals surface area contributed by atoms with Crippen LogP contribution in [0.25, 0.3) is 33.3 Å². The maximum atomic E-state index is 12.9. The lowest BCUT2D eigenvalue weighted by molar-refractivity contribution is -0.0429. The third-order valence-corrected chi connectivity index (χ3v) is 7.45. The lowest BCUT2D eigenvalue weighted by Gasteiger charge is -2.14. The maximum Gasteiger partial charge on any atom is 0.516 e. The van der Waals surface area contributed by atoms with Crippen LogP contribution >= 0.6 is 0 Å². The zero-order chi connectivity index (χ0) is 27.9. The molecular formula is C27H24F3N5O3S. The van der Waals surface area contributed by atoms with E-state index in [0.717, 1.165) is 27.9 Å². The van der Waals surface area contributed by atoms with Gasteiger partial charge in [0.1, 0.15) is 11.3 Å². The minimum absolute atomic E-state index is 0.172. The average molecular weight is 556 g/mol. The number of aliphatic hydroxyl groups is 1. The predicted octanol–water partition coefficient (Wildman–Crippen LogP) is 5.32. The maximum absolute atomic E-state index is 12.9. The van der Waals surface area contributed by atoms with Crippen LogP contribution < -0.4 is 4.72 Å². The van der Waals surface area contributed by atoms with Crippen LogP contribution in [0.4, 0.5) is 18.9 Å². The number of imidazole rings is 1. The Morgan fingerprint density at radius 2 is 1.77 bits per heavy atom. The van der Waals surface area contributed by atoms with Crippen molar-refractivity contribution >= 4 is 37.8 Å². The summed E-state index contributed by atoms with van der Waals surface area (Å²) >= 11 is 0. The van der Waals surface area contributed by atoms with Gasteiger partial charge >= 0.3 is 15.5 Å². The van der Waals surface area contributed by atoms with Crippen molar-refractivity contribution in [2.24, 2.45) is 0 Å². The number of pyridine rings is 2. The smallest absolute Gasteiger partial charge is 0.390 e. The number of sulfonamides is 1. The summed E-state index contributed by atoms with van der Waals surface area (Å²) < 4.78 is 65.8. The number of halogens is 3. The van der Waals surface area contributed by atoms with E-state index in [9.17, 15) is 26.7 Å². The highest BCUT2D eigenvalue weighted by Gasteiger charge is 2.46. The zero-order valence-corrected chi connectivity index (χ0v) is 21.8. The molecule has 202 valence electrons. The fourth-order valence-corrected chi connectivity index (χ4v) is 5.06. The number of aryl methyl sites for hydroxylation is 2. The number of para-hydroxylation sites is 1. The van der Waals surface area contributed by atoms with Crippen LogP contribution in [0, 0.1) is 6.92 Å². The molecule has 0 unspecified atom stereocenters. The monoisotopic (exact) mass is 555 g/mol. The van der Waals surface area contributed by atoms with E-state index in [2.05, 4.69) is 9.97 Å². The van der Waals surface area contributed by atoms with Crippen LogP contribution in [-0.2, 0) is 29.6 Å². The number of anilines is 1. The van der Waals surface area contributed by atoms with Crippen LogP contribution in [0.3, 0.4) is 0 Å². The van der Waals surface area contributed by atoms with E-state index in [1.165, 1.54) is 18.2 Å². The molecule has 8 nitrogen and oxygen atoms in total. The number of fused-ring (bicyclic) bond motifs is 2. The van der Waals surface area contributed by atoms with Gasteiger partial charge in [-0.15, -0.1) is 0 Å². The standard InChI is InChI=1S/C27H24F3N5O3S/c1-3-24-33-25-16(2)12-19(15-36)31-26(25)35(24)14-17-8-10-21-18(13-17)9-11-22(32-21)20-6-4-5-7-23(20)34-39(37,38)27(28,29)30/h4-13,34,36H,3,14-15H2,1-2H3. The summed E-state index contributed by atoms with van der Waals surface area (Å²) in [5.74, 6) is 0.863. The molecule has 0 saturated heterocycles. The number of rotatable bonds is 7. The highest BCUT2D eigenvalue weighted by Crippen LogP contribution is 2.32. The van der Waals surface area contributed by atoms with Crippen molar-refractivity contribution in [1.82, 2.24) is 19.5 Å². The number of aliphatic hydroxyl groups excluding tert-OH is 1. The van der Waals surface area contributed by atoms with Gasteiger partial charge in [-0.05, 0) is 48.4 Å². The number of nitrogens with zero attached hydrogens (tertiary/aromatic N) is 4. The molecule has 2 N–H and O–H groups in total. The Morgan fingerprint density at radius 1 is 1.00 bits per heavy atom. The van der Waals surface area contributed by atoms with Crippen LogP contribution in [0.1, 0.15) is 29.6 Å². The molecule has 2 aromatic carbocycles. The summed E-state index contributed by atoms with van der Waals surface area (Å²) in [6.07, 6.45) is 0.695. The molecule has 0 aliphatic rings. The molecule has 5 rings (SSSR count).